The van der Waals surface area contributed by atoms with E-state index in [0.717, 1.165) is 46.9 Å². The molecule has 1 aromatic carbocycles. The molecule has 24 heavy (non-hydrogen) atoms. The Bertz CT molecular complexity index is 837. The van der Waals surface area contributed by atoms with Crippen LogP contribution in [0.1, 0.15) is 30.7 Å². The topological polar surface area (TPSA) is 59.6 Å². The van der Waals surface area contributed by atoms with Crippen LogP contribution in [0.5, 0.6) is 11.5 Å². The first kappa shape index (κ1) is 13.7. The van der Waals surface area contributed by atoms with Crippen molar-refractivity contribution in [3.8, 4) is 11.5 Å². The smallest absolute Gasteiger partial charge is 0.319 e. The molecular formula is C19H18N2O3. The van der Waals surface area contributed by atoms with Crippen molar-refractivity contribution < 1.29 is 14.3 Å². The normalized spacial score (nSPS) is 26.9. The zero-order valence-corrected chi connectivity index (χ0v) is 13.2. The summed E-state index contributed by atoms with van der Waals surface area (Å²) < 4.78 is 12.0. The summed E-state index contributed by atoms with van der Waals surface area (Å²) in [5.74, 6) is 3.13. The van der Waals surface area contributed by atoms with Gasteiger partial charge in [-0.05, 0) is 37.1 Å². The van der Waals surface area contributed by atoms with Gasteiger partial charge in [0.1, 0.15) is 23.4 Å². The van der Waals surface area contributed by atoms with Crippen LogP contribution in [-0.4, -0.2) is 18.7 Å². The fourth-order valence-corrected chi connectivity index (χ4v) is 3.61. The number of amides is 2. The quantitative estimate of drug-likeness (QED) is 0.823. The minimum absolute atomic E-state index is 0.169. The highest BCUT2D eigenvalue weighted by molar-refractivity contribution is 5.78. The van der Waals surface area contributed by atoms with Gasteiger partial charge < -0.3 is 20.1 Å². The molecule has 5 rings (SSSR count). The summed E-state index contributed by atoms with van der Waals surface area (Å²) in [5, 5.41) is 5.70. The Labute approximate surface area is 140 Å². The molecule has 0 spiro atoms. The molecule has 2 aliphatic carbocycles. The second-order valence-electron chi connectivity index (χ2n) is 6.76. The van der Waals surface area contributed by atoms with Gasteiger partial charge in [-0.15, -0.1) is 0 Å². The molecule has 5 heteroatoms. The maximum Gasteiger partial charge on any atom is 0.319 e. The second-order valence-corrected chi connectivity index (χ2v) is 6.76. The minimum Gasteiger partial charge on any atom is -0.489 e. The maximum absolute atomic E-state index is 11.6. The molecule has 2 aliphatic heterocycles. The molecule has 1 saturated carbocycles. The van der Waals surface area contributed by atoms with Crippen LogP contribution < -0.4 is 20.1 Å². The Morgan fingerprint density at radius 2 is 2.25 bits per heavy atom. The van der Waals surface area contributed by atoms with E-state index >= 15 is 0 Å². The SMILES string of the molecule is C=C1CC=C(Oc2ccc3c(c2)[C@H]2C[C@H]2O3)C2=C(C1)NC(=O)NC2. The summed E-state index contributed by atoms with van der Waals surface area (Å²) in [6.07, 6.45) is 4.96. The van der Waals surface area contributed by atoms with Gasteiger partial charge in [-0.3, -0.25) is 0 Å². The van der Waals surface area contributed by atoms with E-state index in [-0.39, 0.29) is 6.03 Å². The van der Waals surface area contributed by atoms with Crippen LogP contribution in [0.2, 0.25) is 0 Å². The zero-order valence-electron chi connectivity index (χ0n) is 13.2. The van der Waals surface area contributed by atoms with Gasteiger partial charge in [-0.25, -0.2) is 4.79 Å². The number of hydrogen-bond donors (Lipinski definition) is 2. The largest absolute Gasteiger partial charge is 0.489 e. The van der Waals surface area contributed by atoms with Gasteiger partial charge >= 0.3 is 6.03 Å². The summed E-state index contributed by atoms with van der Waals surface area (Å²) in [5.41, 5.74) is 4.19. The van der Waals surface area contributed by atoms with Crippen molar-refractivity contribution in [1.29, 1.82) is 0 Å². The minimum atomic E-state index is -0.169. The number of ether oxygens (including phenoxy) is 2. The molecule has 1 fully saturated rings. The summed E-state index contributed by atoms with van der Waals surface area (Å²) in [6.45, 7) is 4.54. The average Bonchev–Trinajstić information content (AvgIpc) is 3.27. The third-order valence-electron chi connectivity index (χ3n) is 4.97. The third kappa shape index (κ3) is 2.19. The van der Waals surface area contributed by atoms with Gasteiger partial charge in [0.25, 0.3) is 0 Å². The number of carbonyl (C=O) groups is 1. The zero-order chi connectivity index (χ0) is 16.3. The average molecular weight is 322 g/mol. The molecule has 1 aromatic rings. The van der Waals surface area contributed by atoms with E-state index in [1.807, 2.05) is 18.2 Å². The molecule has 4 aliphatic rings. The fourth-order valence-electron chi connectivity index (χ4n) is 3.61. The monoisotopic (exact) mass is 322 g/mol. The summed E-state index contributed by atoms with van der Waals surface area (Å²) in [4.78, 5) is 11.6. The van der Waals surface area contributed by atoms with Crippen molar-refractivity contribution in [2.45, 2.75) is 31.3 Å². The number of nitrogens with one attached hydrogen (secondary N) is 2. The summed E-state index contributed by atoms with van der Waals surface area (Å²) in [6, 6.07) is 5.85. The van der Waals surface area contributed by atoms with Gasteiger partial charge in [0.05, 0.1) is 0 Å². The van der Waals surface area contributed by atoms with E-state index in [4.69, 9.17) is 9.47 Å². The number of carbonyl (C=O) groups excluding carboxylic acids is 1. The van der Waals surface area contributed by atoms with Crippen molar-refractivity contribution in [3.05, 3.63) is 59.0 Å². The first-order valence-corrected chi connectivity index (χ1v) is 8.30. The number of rotatable bonds is 2. The number of benzene rings is 1. The van der Waals surface area contributed by atoms with Crippen molar-refractivity contribution >= 4 is 6.03 Å². The Morgan fingerprint density at radius 1 is 1.33 bits per heavy atom. The summed E-state index contributed by atoms with van der Waals surface area (Å²) >= 11 is 0. The van der Waals surface area contributed by atoms with Crippen molar-refractivity contribution in [1.82, 2.24) is 10.6 Å². The van der Waals surface area contributed by atoms with E-state index in [2.05, 4.69) is 23.3 Å². The Morgan fingerprint density at radius 3 is 3.17 bits per heavy atom. The van der Waals surface area contributed by atoms with Crippen molar-refractivity contribution in [2.24, 2.45) is 0 Å². The van der Waals surface area contributed by atoms with Crippen LogP contribution in [0, 0.1) is 0 Å². The lowest BCUT2D eigenvalue weighted by molar-refractivity contribution is 0.242. The molecule has 0 radical (unpaired) electrons. The van der Waals surface area contributed by atoms with E-state index in [0.29, 0.717) is 25.0 Å². The number of allylic oxidation sites excluding steroid dienone is 2. The molecule has 0 unspecified atom stereocenters. The molecule has 0 bridgehead atoms. The lowest BCUT2D eigenvalue weighted by atomic mass is 10.1. The maximum atomic E-state index is 11.6. The predicted octanol–water partition coefficient (Wildman–Crippen LogP) is 3.11. The van der Waals surface area contributed by atoms with Gasteiger partial charge in [0.15, 0.2) is 0 Å². The lowest BCUT2D eigenvalue weighted by Crippen LogP contribution is -2.42. The fraction of sp³-hybridized carbons (Fsp3) is 0.316. The first-order valence-electron chi connectivity index (χ1n) is 8.30. The third-order valence-corrected chi connectivity index (χ3v) is 4.97. The van der Waals surface area contributed by atoms with Gasteiger partial charge in [-0.1, -0.05) is 12.2 Å². The van der Waals surface area contributed by atoms with Crippen LogP contribution in [0.25, 0.3) is 0 Å². The molecule has 2 amide bonds. The van der Waals surface area contributed by atoms with Crippen LogP contribution in [0.3, 0.4) is 0 Å². The molecule has 5 nitrogen and oxygen atoms in total. The number of urea groups is 1. The molecule has 2 N–H and O–H groups in total. The second kappa shape index (κ2) is 4.90. The highest BCUT2D eigenvalue weighted by atomic mass is 16.5. The first-order chi connectivity index (χ1) is 11.7. The molecule has 2 atom stereocenters. The molecule has 2 heterocycles. The Kier molecular flexibility index (Phi) is 2.80. The highest BCUT2D eigenvalue weighted by Gasteiger charge is 2.48. The van der Waals surface area contributed by atoms with E-state index in [1.165, 1.54) is 5.56 Å². The van der Waals surface area contributed by atoms with E-state index in [9.17, 15) is 4.79 Å². The predicted molar refractivity (Wildman–Crippen MR) is 88.9 cm³/mol. The van der Waals surface area contributed by atoms with E-state index in [1.54, 1.807) is 0 Å². The molecular weight excluding hydrogens is 304 g/mol. The molecule has 0 aromatic heterocycles. The molecule has 0 saturated heterocycles. The summed E-state index contributed by atoms with van der Waals surface area (Å²) in [7, 11) is 0. The Hall–Kier alpha value is -2.69. The standard InChI is InChI=1S/C19H18N2O3/c1-10-2-4-17(14-9-20-19(22)21-15(14)6-10)23-11-3-5-16-12(7-11)13-8-18(13)24-16/h3-5,7,13,18H,1-2,6,8-9H2,(H2,20,21,22)/t13-,18-/m1/s1. The number of fused-ring (bicyclic) bond motifs is 3. The Balaban J connectivity index is 1.47. The lowest BCUT2D eigenvalue weighted by Gasteiger charge is -2.23. The highest BCUT2D eigenvalue weighted by Crippen LogP contribution is 2.54. The van der Waals surface area contributed by atoms with Gasteiger partial charge in [0.2, 0.25) is 0 Å². The van der Waals surface area contributed by atoms with E-state index < -0.39 is 0 Å². The van der Waals surface area contributed by atoms with Crippen LogP contribution in [0.15, 0.2) is 53.5 Å². The van der Waals surface area contributed by atoms with Crippen LogP contribution in [0.4, 0.5) is 4.79 Å². The van der Waals surface area contributed by atoms with Crippen LogP contribution >= 0.6 is 0 Å². The van der Waals surface area contributed by atoms with Crippen LogP contribution in [-0.2, 0) is 0 Å². The number of hydrogen-bond acceptors (Lipinski definition) is 3. The molecule has 122 valence electrons. The van der Waals surface area contributed by atoms with Gasteiger partial charge in [-0.2, -0.15) is 0 Å². The van der Waals surface area contributed by atoms with Gasteiger partial charge in [0, 0.05) is 35.7 Å². The van der Waals surface area contributed by atoms with Crippen molar-refractivity contribution in [2.75, 3.05) is 6.54 Å². The van der Waals surface area contributed by atoms with Crippen molar-refractivity contribution in [3.63, 3.8) is 0 Å².